The number of nitrogens with one attached hydrogen (secondary N) is 3. The minimum Gasteiger partial charge on any atom is -0.361 e. The second-order valence-corrected chi connectivity index (χ2v) is 5.23. The van der Waals surface area contributed by atoms with Crippen LogP contribution in [0, 0.1) is 13.8 Å². The number of urea groups is 1. The maximum Gasteiger partial charge on any atom is 0.319 e. The van der Waals surface area contributed by atoms with E-state index in [4.69, 9.17) is 4.52 Å². The lowest BCUT2D eigenvalue weighted by atomic mass is 10.1. The van der Waals surface area contributed by atoms with Crippen LogP contribution in [0.25, 0.3) is 0 Å². The third-order valence-corrected chi connectivity index (χ3v) is 3.35. The van der Waals surface area contributed by atoms with E-state index in [1.807, 2.05) is 0 Å². The van der Waals surface area contributed by atoms with Crippen LogP contribution in [0.3, 0.4) is 0 Å². The third-order valence-electron chi connectivity index (χ3n) is 3.35. The predicted octanol–water partition coefficient (Wildman–Crippen LogP) is 2.78. The average molecular weight is 328 g/mol. The van der Waals surface area contributed by atoms with Crippen LogP contribution >= 0.6 is 0 Å². The van der Waals surface area contributed by atoms with Crippen LogP contribution < -0.4 is 16.0 Å². The van der Waals surface area contributed by atoms with Gasteiger partial charge in [0.2, 0.25) is 5.91 Å². The lowest BCUT2D eigenvalue weighted by Gasteiger charge is -2.08. The Balaban J connectivity index is 1.90. The van der Waals surface area contributed by atoms with Crippen molar-refractivity contribution in [2.75, 3.05) is 17.2 Å². The highest BCUT2D eigenvalue weighted by atomic mass is 16.5. The molecule has 0 spiro atoms. The van der Waals surface area contributed by atoms with Crippen LogP contribution in [-0.4, -0.2) is 23.6 Å². The highest BCUT2D eigenvalue weighted by molar-refractivity contribution is 5.93. The fourth-order valence-corrected chi connectivity index (χ4v) is 2.10. The summed E-state index contributed by atoms with van der Waals surface area (Å²) in [7, 11) is 0. The molecule has 7 heteroatoms. The van der Waals surface area contributed by atoms with Crippen molar-refractivity contribution in [1.29, 1.82) is 0 Å². The molecular formula is C17H20N4O3. The first kappa shape index (κ1) is 17.3. The van der Waals surface area contributed by atoms with Gasteiger partial charge in [-0.2, -0.15) is 0 Å². The summed E-state index contributed by atoms with van der Waals surface area (Å²) in [6.45, 7) is 7.50. The number of carbonyl (C=O) groups excluding carboxylic acids is 2. The Morgan fingerprint density at radius 1 is 1.17 bits per heavy atom. The Bertz CT molecular complexity index is 715. The summed E-state index contributed by atoms with van der Waals surface area (Å²) >= 11 is 0. The van der Waals surface area contributed by atoms with E-state index in [0.29, 0.717) is 29.4 Å². The molecule has 0 fully saturated rings. The number of rotatable bonds is 6. The zero-order valence-corrected chi connectivity index (χ0v) is 13.7. The maximum absolute atomic E-state index is 12.1. The van der Waals surface area contributed by atoms with Crippen LogP contribution in [0.1, 0.15) is 17.0 Å². The van der Waals surface area contributed by atoms with Gasteiger partial charge in [0.1, 0.15) is 5.76 Å². The first-order valence-electron chi connectivity index (χ1n) is 7.47. The summed E-state index contributed by atoms with van der Waals surface area (Å²) in [6.07, 6.45) is 1.79. The van der Waals surface area contributed by atoms with Gasteiger partial charge >= 0.3 is 6.03 Å². The maximum atomic E-state index is 12.1. The number of carbonyl (C=O) groups is 2. The van der Waals surface area contributed by atoms with Gasteiger partial charge in [-0.15, -0.1) is 6.58 Å². The quantitative estimate of drug-likeness (QED) is 0.710. The van der Waals surface area contributed by atoms with E-state index >= 15 is 0 Å². The largest absolute Gasteiger partial charge is 0.361 e. The summed E-state index contributed by atoms with van der Waals surface area (Å²) in [5.41, 5.74) is 2.78. The molecule has 2 rings (SSSR count). The van der Waals surface area contributed by atoms with Crippen molar-refractivity contribution < 1.29 is 14.1 Å². The van der Waals surface area contributed by atoms with Crippen molar-refractivity contribution in [3.8, 4) is 0 Å². The second kappa shape index (κ2) is 7.96. The van der Waals surface area contributed by atoms with Gasteiger partial charge in [0.05, 0.1) is 12.1 Å². The van der Waals surface area contributed by atoms with Gasteiger partial charge in [-0.3, -0.25) is 4.79 Å². The molecule has 0 bridgehead atoms. The van der Waals surface area contributed by atoms with E-state index in [-0.39, 0.29) is 18.4 Å². The summed E-state index contributed by atoms with van der Waals surface area (Å²) in [4.78, 5) is 23.6. The Morgan fingerprint density at radius 3 is 2.33 bits per heavy atom. The fraction of sp³-hybridized carbons (Fsp3) is 0.235. The van der Waals surface area contributed by atoms with Crippen molar-refractivity contribution in [2.24, 2.45) is 0 Å². The third kappa shape index (κ3) is 4.70. The van der Waals surface area contributed by atoms with E-state index in [0.717, 1.165) is 5.56 Å². The molecule has 0 saturated heterocycles. The first-order valence-corrected chi connectivity index (χ1v) is 7.47. The van der Waals surface area contributed by atoms with Crippen molar-refractivity contribution >= 4 is 23.3 Å². The van der Waals surface area contributed by atoms with Crippen LogP contribution in [0.2, 0.25) is 0 Å². The number of hydrogen-bond donors (Lipinski definition) is 3. The molecule has 24 heavy (non-hydrogen) atoms. The highest BCUT2D eigenvalue weighted by Crippen LogP contribution is 2.16. The fourth-order valence-electron chi connectivity index (χ4n) is 2.10. The molecule has 3 amide bonds. The number of anilines is 2. The van der Waals surface area contributed by atoms with Gasteiger partial charge in [-0.1, -0.05) is 11.2 Å². The summed E-state index contributed by atoms with van der Waals surface area (Å²) in [5, 5.41) is 11.9. The van der Waals surface area contributed by atoms with Crippen molar-refractivity contribution in [3.63, 3.8) is 0 Å². The van der Waals surface area contributed by atoms with Crippen LogP contribution in [-0.2, 0) is 11.2 Å². The number of aryl methyl sites for hydroxylation is 2. The van der Waals surface area contributed by atoms with Crippen LogP contribution in [0.15, 0.2) is 41.4 Å². The number of benzene rings is 1. The minimum absolute atomic E-state index is 0.158. The zero-order valence-electron chi connectivity index (χ0n) is 13.7. The van der Waals surface area contributed by atoms with Gasteiger partial charge < -0.3 is 20.5 Å². The number of nitrogens with zero attached hydrogens (tertiary/aromatic N) is 1. The molecule has 2 aromatic rings. The molecule has 0 aliphatic rings. The van der Waals surface area contributed by atoms with Crippen molar-refractivity contribution in [3.05, 3.63) is 53.9 Å². The van der Waals surface area contributed by atoms with Gasteiger partial charge in [0.25, 0.3) is 0 Å². The normalized spacial score (nSPS) is 10.1. The van der Waals surface area contributed by atoms with Gasteiger partial charge in [0, 0.05) is 23.5 Å². The van der Waals surface area contributed by atoms with Crippen molar-refractivity contribution in [1.82, 2.24) is 10.5 Å². The Kier molecular flexibility index (Phi) is 5.73. The monoisotopic (exact) mass is 328 g/mol. The second-order valence-electron chi connectivity index (χ2n) is 5.23. The lowest BCUT2D eigenvalue weighted by Crippen LogP contribution is -2.28. The topological polar surface area (TPSA) is 96.3 Å². The minimum atomic E-state index is -0.315. The molecule has 0 unspecified atom stereocenters. The number of hydrogen-bond acceptors (Lipinski definition) is 4. The number of aromatic nitrogens is 1. The Labute approximate surface area is 140 Å². The molecule has 0 aliphatic heterocycles. The number of amides is 3. The standard InChI is InChI=1S/C17H20N4O3/c1-4-9-18-17(23)20-14-7-5-13(6-8-14)19-16(22)10-15-11(2)21-24-12(15)3/h4-8H,1,9-10H2,2-3H3,(H,19,22)(H2,18,20,23). The summed E-state index contributed by atoms with van der Waals surface area (Å²) in [6, 6.07) is 6.53. The van der Waals surface area contributed by atoms with Gasteiger partial charge in [-0.25, -0.2) is 4.79 Å². The predicted molar refractivity (Wildman–Crippen MR) is 92.0 cm³/mol. The molecule has 1 aromatic carbocycles. The summed E-state index contributed by atoms with van der Waals surface area (Å²) in [5.74, 6) is 0.488. The molecule has 0 saturated carbocycles. The highest BCUT2D eigenvalue weighted by Gasteiger charge is 2.13. The lowest BCUT2D eigenvalue weighted by molar-refractivity contribution is -0.115. The van der Waals surface area contributed by atoms with E-state index in [2.05, 4.69) is 27.7 Å². The summed E-state index contributed by atoms with van der Waals surface area (Å²) < 4.78 is 5.04. The van der Waals surface area contributed by atoms with Gasteiger partial charge in [-0.05, 0) is 38.1 Å². The molecule has 3 N–H and O–H groups in total. The molecule has 0 radical (unpaired) electrons. The molecular weight excluding hydrogens is 308 g/mol. The van der Waals surface area contributed by atoms with Crippen LogP contribution in [0.4, 0.5) is 16.2 Å². The van der Waals surface area contributed by atoms with Gasteiger partial charge in [0.15, 0.2) is 0 Å². The average Bonchev–Trinajstić information content (AvgIpc) is 2.86. The smallest absolute Gasteiger partial charge is 0.319 e. The van der Waals surface area contributed by atoms with E-state index in [1.54, 1.807) is 44.2 Å². The zero-order chi connectivity index (χ0) is 17.5. The van der Waals surface area contributed by atoms with Crippen LogP contribution in [0.5, 0.6) is 0 Å². The Morgan fingerprint density at radius 2 is 1.79 bits per heavy atom. The SMILES string of the molecule is C=CCNC(=O)Nc1ccc(NC(=O)Cc2c(C)noc2C)cc1. The molecule has 7 nitrogen and oxygen atoms in total. The van der Waals surface area contributed by atoms with E-state index in [9.17, 15) is 9.59 Å². The van der Waals surface area contributed by atoms with E-state index < -0.39 is 0 Å². The molecule has 126 valence electrons. The van der Waals surface area contributed by atoms with E-state index in [1.165, 1.54) is 0 Å². The molecule has 1 heterocycles. The van der Waals surface area contributed by atoms with Crippen molar-refractivity contribution in [2.45, 2.75) is 20.3 Å². The first-order chi connectivity index (χ1) is 11.5. The molecule has 1 aromatic heterocycles. The Hall–Kier alpha value is -3.09. The molecule has 0 aliphatic carbocycles. The molecule has 0 atom stereocenters.